The quantitative estimate of drug-likeness (QED) is 0.798. The largest absolute Gasteiger partial charge is 0.368 e. The van der Waals surface area contributed by atoms with Crippen LogP contribution in [0.25, 0.3) is 10.8 Å². The van der Waals surface area contributed by atoms with E-state index in [0.29, 0.717) is 18.4 Å². The fourth-order valence-electron chi connectivity index (χ4n) is 2.14. The van der Waals surface area contributed by atoms with E-state index >= 15 is 0 Å². The zero-order valence-corrected chi connectivity index (χ0v) is 11.7. The van der Waals surface area contributed by atoms with E-state index in [1.807, 2.05) is 30.3 Å². The molecule has 0 saturated carbocycles. The maximum atomic E-state index is 12.2. The number of amides is 2. The predicted molar refractivity (Wildman–Crippen MR) is 83.8 cm³/mol. The summed E-state index contributed by atoms with van der Waals surface area (Å²) in [5.74, 6) is -0.834. The Labute approximate surface area is 123 Å². The van der Waals surface area contributed by atoms with E-state index in [1.165, 1.54) is 0 Å². The fourth-order valence-corrected chi connectivity index (χ4v) is 2.14. The number of carbonyl (C=O) groups excluding carboxylic acids is 2. The summed E-state index contributed by atoms with van der Waals surface area (Å²) in [4.78, 5) is 23.6. The number of primary amides is 1. The molecule has 2 amide bonds. The summed E-state index contributed by atoms with van der Waals surface area (Å²) in [6, 6.07) is 12.5. The Morgan fingerprint density at radius 1 is 1.19 bits per heavy atom. The molecular weight excluding hydrogens is 264 g/mol. The van der Waals surface area contributed by atoms with Gasteiger partial charge in [0.05, 0.1) is 0 Å². The monoisotopic (exact) mass is 282 g/mol. The number of nitrogens with two attached hydrogens (primary N) is 1. The van der Waals surface area contributed by atoms with Gasteiger partial charge in [-0.3, -0.25) is 9.59 Å². The number of hydrogen-bond acceptors (Lipinski definition) is 2. The van der Waals surface area contributed by atoms with Gasteiger partial charge in [0, 0.05) is 5.56 Å². The minimum absolute atomic E-state index is 0.298. The first-order valence-electron chi connectivity index (χ1n) is 6.81. The van der Waals surface area contributed by atoms with Crippen molar-refractivity contribution in [1.29, 1.82) is 0 Å². The first kappa shape index (κ1) is 14.8. The van der Waals surface area contributed by atoms with E-state index in [2.05, 4.69) is 11.9 Å². The van der Waals surface area contributed by atoms with Crippen molar-refractivity contribution in [2.75, 3.05) is 0 Å². The number of rotatable bonds is 6. The van der Waals surface area contributed by atoms with Crippen molar-refractivity contribution < 1.29 is 9.59 Å². The van der Waals surface area contributed by atoms with Gasteiger partial charge < -0.3 is 11.1 Å². The maximum absolute atomic E-state index is 12.2. The number of carbonyl (C=O) groups is 2. The van der Waals surface area contributed by atoms with Gasteiger partial charge in [-0.05, 0) is 35.7 Å². The molecule has 21 heavy (non-hydrogen) atoms. The van der Waals surface area contributed by atoms with Gasteiger partial charge in [0.15, 0.2) is 0 Å². The minimum atomic E-state index is -0.679. The molecule has 1 atom stereocenters. The maximum Gasteiger partial charge on any atom is 0.251 e. The second-order valence-corrected chi connectivity index (χ2v) is 4.86. The zero-order chi connectivity index (χ0) is 15.2. The molecule has 0 fully saturated rings. The molecule has 0 unspecified atom stereocenters. The van der Waals surface area contributed by atoms with Crippen LogP contribution in [0.1, 0.15) is 23.2 Å². The van der Waals surface area contributed by atoms with Crippen LogP contribution in [0.15, 0.2) is 55.1 Å². The van der Waals surface area contributed by atoms with Crippen LogP contribution in [0.5, 0.6) is 0 Å². The second-order valence-electron chi connectivity index (χ2n) is 4.86. The van der Waals surface area contributed by atoms with Gasteiger partial charge in [-0.1, -0.05) is 36.4 Å². The lowest BCUT2D eigenvalue weighted by Crippen LogP contribution is -2.44. The summed E-state index contributed by atoms with van der Waals surface area (Å²) in [6.45, 7) is 3.60. The van der Waals surface area contributed by atoms with Crippen molar-refractivity contribution in [3.63, 3.8) is 0 Å². The Bertz CT molecular complexity index is 679. The molecule has 0 aromatic heterocycles. The first-order chi connectivity index (χ1) is 10.1. The van der Waals surface area contributed by atoms with Crippen LogP contribution in [0, 0.1) is 0 Å². The average molecular weight is 282 g/mol. The molecular formula is C17H18N2O2. The van der Waals surface area contributed by atoms with Crippen LogP contribution in [0.4, 0.5) is 0 Å². The van der Waals surface area contributed by atoms with Gasteiger partial charge in [0.2, 0.25) is 5.91 Å². The Balaban J connectivity index is 2.16. The average Bonchev–Trinajstić information content (AvgIpc) is 2.50. The standard InChI is InChI=1S/C17H18N2O2/c1-2-3-8-15(16(18)20)19-17(21)14-10-9-12-6-4-5-7-13(12)11-14/h2,4-7,9-11,15H,1,3,8H2,(H2,18,20)(H,19,21)/t15-/m1/s1. The van der Waals surface area contributed by atoms with E-state index in [0.717, 1.165) is 10.8 Å². The number of nitrogens with one attached hydrogen (secondary N) is 1. The minimum Gasteiger partial charge on any atom is -0.368 e. The zero-order valence-electron chi connectivity index (χ0n) is 11.7. The molecule has 0 aliphatic carbocycles. The first-order valence-corrected chi connectivity index (χ1v) is 6.81. The molecule has 0 radical (unpaired) electrons. The third-order valence-corrected chi connectivity index (χ3v) is 3.32. The molecule has 108 valence electrons. The lowest BCUT2D eigenvalue weighted by molar-refractivity contribution is -0.119. The number of hydrogen-bond donors (Lipinski definition) is 2. The van der Waals surface area contributed by atoms with Crippen molar-refractivity contribution in [2.24, 2.45) is 5.73 Å². The number of benzene rings is 2. The molecule has 0 aliphatic rings. The van der Waals surface area contributed by atoms with E-state index in [4.69, 9.17) is 5.73 Å². The van der Waals surface area contributed by atoms with Crippen molar-refractivity contribution in [3.8, 4) is 0 Å². The van der Waals surface area contributed by atoms with Crippen molar-refractivity contribution in [3.05, 3.63) is 60.7 Å². The third-order valence-electron chi connectivity index (χ3n) is 3.32. The molecule has 4 heteroatoms. The summed E-state index contributed by atoms with van der Waals surface area (Å²) in [6.07, 6.45) is 2.77. The Morgan fingerprint density at radius 3 is 2.57 bits per heavy atom. The highest BCUT2D eigenvalue weighted by Gasteiger charge is 2.18. The summed E-state index contributed by atoms with van der Waals surface area (Å²) in [7, 11) is 0. The Kier molecular flexibility index (Phi) is 4.72. The van der Waals surface area contributed by atoms with Crippen molar-refractivity contribution in [2.45, 2.75) is 18.9 Å². The van der Waals surface area contributed by atoms with E-state index < -0.39 is 11.9 Å². The van der Waals surface area contributed by atoms with Gasteiger partial charge in [-0.15, -0.1) is 6.58 Å². The van der Waals surface area contributed by atoms with Crippen LogP contribution in [-0.2, 0) is 4.79 Å². The van der Waals surface area contributed by atoms with Gasteiger partial charge in [0.1, 0.15) is 6.04 Å². The summed E-state index contributed by atoms with van der Waals surface area (Å²) >= 11 is 0. The SMILES string of the molecule is C=CCC[C@@H](NC(=O)c1ccc2ccccc2c1)C(N)=O. The molecule has 2 rings (SSSR count). The highest BCUT2D eigenvalue weighted by molar-refractivity contribution is 6.00. The van der Waals surface area contributed by atoms with E-state index in [9.17, 15) is 9.59 Å². The topological polar surface area (TPSA) is 72.2 Å². The number of fused-ring (bicyclic) bond motifs is 1. The lowest BCUT2D eigenvalue weighted by atomic mass is 10.1. The number of allylic oxidation sites excluding steroid dienone is 1. The normalized spacial score (nSPS) is 11.8. The lowest BCUT2D eigenvalue weighted by Gasteiger charge is -2.14. The predicted octanol–water partition coefficient (Wildman–Crippen LogP) is 2.39. The van der Waals surface area contributed by atoms with Crippen LogP contribution >= 0.6 is 0 Å². The summed E-state index contributed by atoms with van der Waals surface area (Å²) < 4.78 is 0. The van der Waals surface area contributed by atoms with E-state index in [-0.39, 0.29) is 5.91 Å². The van der Waals surface area contributed by atoms with E-state index in [1.54, 1.807) is 18.2 Å². The van der Waals surface area contributed by atoms with Gasteiger partial charge in [-0.2, -0.15) is 0 Å². The van der Waals surface area contributed by atoms with Crippen LogP contribution in [-0.4, -0.2) is 17.9 Å². The highest BCUT2D eigenvalue weighted by atomic mass is 16.2. The fraction of sp³-hybridized carbons (Fsp3) is 0.176. The molecule has 0 heterocycles. The Hall–Kier alpha value is -2.62. The molecule has 2 aromatic rings. The molecule has 4 nitrogen and oxygen atoms in total. The van der Waals surface area contributed by atoms with Crippen LogP contribution in [0.3, 0.4) is 0 Å². The molecule has 2 aromatic carbocycles. The highest BCUT2D eigenvalue weighted by Crippen LogP contribution is 2.15. The molecule has 3 N–H and O–H groups in total. The van der Waals surface area contributed by atoms with Crippen LogP contribution in [0.2, 0.25) is 0 Å². The van der Waals surface area contributed by atoms with Crippen LogP contribution < -0.4 is 11.1 Å². The molecule has 0 bridgehead atoms. The van der Waals surface area contributed by atoms with Gasteiger partial charge in [-0.25, -0.2) is 0 Å². The molecule has 0 spiro atoms. The van der Waals surface area contributed by atoms with Gasteiger partial charge >= 0.3 is 0 Å². The molecule has 0 saturated heterocycles. The molecule has 0 aliphatic heterocycles. The summed E-state index contributed by atoms with van der Waals surface area (Å²) in [5, 5.41) is 4.71. The smallest absolute Gasteiger partial charge is 0.251 e. The van der Waals surface area contributed by atoms with Crippen molar-refractivity contribution >= 4 is 22.6 Å². The summed E-state index contributed by atoms with van der Waals surface area (Å²) in [5.41, 5.74) is 5.82. The second kappa shape index (κ2) is 6.70. The van der Waals surface area contributed by atoms with Gasteiger partial charge in [0.25, 0.3) is 5.91 Å². The third kappa shape index (κ3) is 3.69. The van der Waals surface area contributed by atoms with Crippen molar-refractivity contribution in [1.82, 2.24) is 5.32 Å². The Morgan fingerprint density at radius 2 is 1.90 bits per heavy atom.